The van der Waals surface area contributed by atoms with Crippen molar-refractivity contribution in [3.05, 3.63) is 65.0 Å². The molecule has 0 atom stereocenters. The fourth-order valence-corrected chi connectivity index (χ4v) is 2.00. The third-order valence-electron chi connectivity index (χ3n) is 3.12. The van der Waals surface area contributed by atoms with Crippen LogP contribution in [0.1, 0.15) is 21.5 Å². The Morgan fingerprint density at radius 3 is 2.27 bits per heavy atom. The van der Waals surface area contributed by atoms with Crippen LogP contribution in [0.25, 0.3) is 0 Å². The molecular weight excluding hydrogens is 300 g/mol. The van der Waals surface area contributed by atoms with Gasteiger partial charge in [0.25, 0.3) is 0 Å². The minimum atomic E-state index is -4.50. The van der Waals surface area contributed by atoms with E-state index in [9.17, 15) is 22.4 Å². The van der Waals surface area contributed by atoms with E-state index in [2.05, 4.69) is 0 Å². The van der Waals surface area contributed by atoms with Gasteiger partial charge in [-0.25, -0.2) is 4.39 Å². The number of methoxy groups -OCH3 is 1. The lowest BCUT2D eigenvalue weighted by Gasteiger charge is -2.12. The molecular formula is C16H12F4O2. The van der Waals surface area contributed by atoms with E-state index in [1.807, 2.05) is 0 Å². The van der Waals surface area contributed by atoms with Crippen molar-refractivity contribution in [1.82, 2.24) is 0 Å². The first-order valence-corrected chi connectivity index (χ1v) is 6.34. The van der Waals surface area contributed by atoms with E-state index in [-0.39, 0.29) is 23.3 Å². The molecule has 0 aromatic heterocycles. The lowest BCUT2D eigenvalue weighted by Crippen LogP contribution is -2.09. The van der Waals surface area contributed by atoms with Crippen LogP contribution in [-0.4, -0.2) is 12.9 Å². The average molecular weight is 312 g/mol. The third kappa shape index (κ3) is 3.63. The van der Waals surface area contributed by atoms with Gasteiger partial charge in [0.15, 0.2) is 5.78 Å². The number of halogens is 4. The van der Waals surface area contributed by atoms with Crippen LogP contribution in [0.3, 0.4) is 0 Å². The Labute approximate surface area is 124 Å². The lowest BCUT2D eigenvalue weighted by molar-refractivity contribution is -0.137. The van der Waals surface area contributed by atoms with E-state index >= 15 is 0 Å². The molecule has 2 aromatic rings. The highest BCUT2D eigenvalue weighted by atomic mass is 19.4. The number of rotatable bonds is 4. The molecule has 0 saturated heterocycles. The van der Waals surface area contributed by atoms with Gasteiger partial charge in [0.1, 0.15) is 11.6 Å². The number of Topliss-reactive ketones (excluding diaryl/α,β-unsaturated/α-hetero) is 1. The molecule has 0 unspecified atom stereocenters. The molecule has 0 saturated carbocycles. The standard InChI is InChI=1S/C16H12F4O2/c1-22-15-7-4-12(16(18,19)20)8-11(15)9-14(21)10-2-5-13(17)6-3-10/h2-8H,9H2,1H3. The normalized spacial score (nSPS) is 11.3. The number of carbonyl (C=O) groups is 1. The van der Waals surface area contributed by atoms with Gasteiger partial charge in [-0.15, -0.1) is 0 Å². The van der Waals surface area contributed by atoms with Gasteiger partial charge in [-0.2, -0.15) is 13.2 Å². The summed E-state index contributed by atoms with van der Waals surface area (Å²) in [7, 11) is 1.31. The molecule has 0 bridgehead atoms. The maximum absolute atomic E-state index is 12.8. The molecule has 0 aliphatic rings. The van der Waals surface area contributed by atoms with Gasteiger partial charge >= 0.3 is 6.18 Å². The Kier molecular flexibility index (Phi) is 4.49. The van der Waals surface area contributed by atoms with E-state index in [1.54, 1.807) is 0 Å². The zero-order valence-corrected chi connectivity index (χ0v) is 11.6. The first-order chi connectivity index (χ1) is 10.3. The van der Waals surface area contributed by atoms with Crippen LogP contribution in [0.15, 0.2) is 42.5 Å². The number of alkyl halides is 3. The molecule has 2 aromatic carbocycles. The van der Waals surface area contributed by atoms with Gasteiger partial charge in [0.05, 0.1) is 12.7 Å². The largest absolute Gasteiger partial charge is 0.496 e. The SMILES string of the molecule is COc1ccc(C(F)(F)F)cc1CC(=O)c1ccc(F)cc1. The Hall–Kier alpha value is -2.37. The van der Waals surface area contributed by atoms with Crippen molar-refractivity contribution in [2.45, 2.75) is 12.6 Å². The highest BCUT2D eigenvalue weighted by Crippen LogP contribution is 2.33. The van der Waals surface area contributed by atoms with Gasteiger partial charge in [-0.1, -0.05) is 0 Å². The van der Waals surface area contributed by atoms with E-state index < -0.39 is 23.3 Å². The lowest BCUT2D eigenvalue weighted by atomic mass is 10.00. The van der Waals surface area contributed by atoms with E-state index in [4.69, 9.17) is 4.74 Å². The molecule has 116 valence electrons. The summed E-state index contributed by atoms with van der Waals surface area (Å²) >= 11 is 0. The van der Waals surface area contributed by atoms with Gasteiger partial charge in [0, 0.05) is 17.5 Å². The summed E-state index contributed by atoms with van der Waals surface area (Å²) in [5, 5.41) is 0. The third-order valence-corrected chi connectivity index (χ3v) is 3.12. The summed E-state index contributed by atoms with van der Waals surface area (Å²) in [5.41, 5.74) is -0.497. The van der Waals surface area contributed by atoms with Crippen LogP contribution in [0.2, 0.25) is 0 Å². The van der Waals surface area contributed by atoms with Crippen LogP contribution in [0.4, 0.5) is 17.6 Å². The number of ketones is 1. The van der Waals surface area contributed by atoms with Crippen molar-refractivity contribution in [1.29, 1.82) is 0 Å². The van der Waals surface area contributed by atoms with Crippen molar-refractivity contribution in [3.8, 4) is 5.75 Å². The van der Waals surface area contributed by atoms with Gasteiger partial charge in [-0.05, 0) is 42.5 Å². The smallest absolute Gasteiger partial charge is 0.416 e. The molecule has 0 radical (unpaired) electrons. The first-order valence-electron chi connectivity index (χ1n) is 6.34. The van der Waals surface area contributed by atoms with Crippen molar-refractivity contribution in [3.63, 3.8) is 0 Å². The van der Waals surface area contributed by atoms with Crippen LogP contribution < -0.4 is 4.74 Å². The monoisotopic (exact) mass is 312 g/mol. The van der Waals surface area contributed by atoms with Crippen molar-refractivity contribution < 1.29 is 27.1 Å². The maximum Gasteiger partial charge on any atom is 0.416 e. The molecule has 22 heavy (non-hydrogen) atoms. The summed E-state index contributed by atoms with van der Waals surface area (Å²) in [6.45, 7) is 0. The zero-order valence-electron chi connectivity index (χ0n) is 11.6. The zero-order chi connectivity index (χ0) is 16.3. The predicted molar refractivity (Wildman–Crippen MR) is 72.4 cm³/mol. The topological polar surface area (TPSA) is 26.3 Å². The molecule has 2 nitrogen and oxygen atoms in total. The summed E-state index contributed by atoms with van der Waals surface area (Å²) < 4.78 is 56.0. The van der Waals surface area contributed by atoms with Gasteiger partial charge < -0.3 is 4.74 Å². The molecule has 0 spiro atoms. The van der Waals surface area contributed by atoms with Gasteiger partial charge in [0.2, 0.25) is 0 Å². The second kappa shape index (κ2) is 6.17. The van der Waals surface area contributed by atoms with Crippen LogP contribution >= 0.6 is 0 Å². The summed E-state index contributed by atoms with van der Waals surface area (Å²) in [4.78, 5) is 12.1. The molecule has 0 fully saturated rings. The molecule has 0 amide bonds. The van der Waals surface area contributed by atoms with Crippen molar-refractivity contribution in [2.75, 3.05) is 7.11 Å². The summed E-state index contributed by atoms with van der Waals surface area (Å²) in [5.74, 6) is -0.714. The number of benzene rings is 2. The molecule has 0 aliphatic heterocycles. The highest BCUT2D eigenvalue weighted by Gasteiger charge is 2.31. The molecule has 6 heteroatoms. The minimum Gasteiger partial charge on any atom is -0.496 e. The number of hydrogen-bond donors (Lipinski definition) is 0. The van der Waals surface area contributed by atoms with Crippen molar-refractivity contribution >= 4 is 5.78 Å². The van der Waals surface area contributed by atoms with Gasteiger partial charge in [-0.3, -0.25) is 4.79 Å². The Morgan fingerprint density at radius 1 is 1.09 bits per heavy atom. The quantitative estimate of drug-likeness (QED) is 0.622. The van der Waals surface area contributed by atoms with Crippen LogP contribution in [0, 0.1) is 5.82 Å². The number of carbonyl (C=O) groups excluding carboxylic acids is 1. The fraction of sp³-hybridized carbons (Fsp3) is 0.188. The van der Waals surface area contributed by atoms with Crippen LogP contribution in [0.5, 0.6) is 5.75 Å². The number of ether oxygens (including phenoxy) is 1. The van der Waals surface area contributed by atoms with Crippen molar-refractivity contribution in [2.24, 2.45) is 0 Å². The highest BCUT2D eigenvalue weighted by molar-refractivity contribution is 5.97. The first kappa shape index (κ1) is 16.0. The van der Waals surface area contributed by atoms with E-state index in [0.29, 0.717) is 0 Å². The van der Waals surface area contributed by atoms with E-state index in [1.165, 1.54) is 25.3 Å². The molecule has 0 heterocycles. The Bertz CT molecular complexity index is 676. The second-order valence-electron chi connectivity index (χ2n) is 4.63. The Morgan fingerprint density at radius 2 is 1.73 bits per heavy atom. The fourth-order valence-electron chi connectivity index (χ4n) is 2.00. The van der Waals surface area contributed by atoms with E-state index in [0.717, 1.165) is 24.3 Å². The average Bonchev–Trinajstić information content (AvgIpc) is 2.46. The molecule has 2 rings (SSSR count). The Balaban J connectivity index is 2.31. The van der Waals surface area contributed by atoms with Crippen LogP contribution in [-0.2, 0) is 12.6 Å². The number of hydrogen-bond acceptors (Lipinski definition) is 2. The minimum absolute atomic E-state index is 0.131. The molecule has 0 aliphatic carbocycles. The maximum atomic E-state index is 12.8. The predicted octanol–water partition coefficient (Wildman–Crippen LogP) is 4.28. The summed E-state index contributed by atoms with van der Waals surface area (Å²) in [6.07, 6.45) is -4.77. The second-order valence-corrected chi connectivity index (χ2v) is 4.63. The molecule has 0 N–H and O–H groups in total. The summed E-state index contributed by atoms with van der Waals surface area (Å²) in [6, 6.07) is 7.78.